The van der Waals surface area contributed by atoms with E-state index in [4.69, 9.17) is 9.47 Å². The Bertz CT molecular complexity index is 518. The van der Waals surface area contributed by atoms with E-state index in [1.807, 2.05) is 0 Å². The molecule has 0 bridgehead atoms. The second-order valence-corrected chi connectivity index (χ2v) is 4.93. The molecule has 0 heterocycles. The number of carbonyl (C=O) groups is 4. The van der Waals surface area contributed by atoms with Crippen LogP contribution in [0, 0.1) is 11.3 Å². The van der Waals surface area contributed by atoms with Gasteiger partial charge in [-0.2, -0.15) is 0 Å². The topological polar surface area (TPSA) is 86.7 Å². The van der Waals surface area contributed by atoms with Crippen LogP contribution in [0.5, 0.6) is 0 Å². The minimum atomic E-state index is -1.50. The minimum Gasteiger partial charge on any atom is -0.468 e. The smallest absolute Gasteiger partial charge is 0.341 e. The summed E-state index contributed by atoms with van der Waals surface area (Å²) >= 11 is 0. The maximum Gasteiger partial charge on any atom is 0.341 e. The molecular formula is C14H16O6. The van der Waals surface area contributed by atoms with Gasteiger partial charge >= 0.3 is 11.9 Å². The number of hydrogen-bond acceptors (Lipinski definition) is 6. The Balaban J connectivity index is 2.51. The molecule has 2 aliphatic rings. The Labute approximate surface area is 116 Å². The molecule has 2 atom stereocenters. The Morgan fingerprint density at radius 1 is 1.40 bits per heavy atom. The highest BCUT2D eigenvalue weighted by Crippen LogP contribution is 2.48. The van der Waals surface area contributed by atoms with Crippen LogP contribution in [0.1, 0.15) is 26.2 Å². The monoisotopic (exact) mass is 280 g/mol. The van der Waals surface area contributed by atoms with Crippen molar-refractivity contribution in [3.63, 3.8) is 0 Å². The fraction of sp³-hybridized carbons (Fsp3) is 0.571. The fourth-order valence-corrected chi connectivity index (χ4v) is 2.96. The van der Waals surface area contributed by atoms with Gasteiger partial charge in [-0.15, -0.1) is 0 Å². The third-order valence-electron chi connectivity index (χ3n) is 3.95. The maximum absolute atomic E-state index is 12.2. The lowest BCUT2D eigenvalue weighted by Gasteiger charge is -2.32. The molecule has 2 rings (SSSR count). The molecule has 0 aliphatic heterocycles. The Kier molecular flexibility index (Phi) is 3.74. The molecule has 0 amide bonds. The fourth-order valence-electron chi connectivity index (χ4n) is 2.96. The van der Waals surface area contributed by atoms with Crippen LogP contribution >= 0.6 is 0 Å². The van der Waals surface area contributed by atoms with E-state index in [1.54, 1.807) is 6.92 Å². The lowest BCUT2D eigenvalue weighted by molar-refractivity contribution is -0.156. The molecule has 2 unspecified atom stereocenters. The Morgan fingerprint density at radius 2 is 2.10 bits per heavy atom. The van der Waals surface area contributed by atoms with Gasteiger partial charge in [0.25, 0.3) is 0 Å². The van der Waals surface area contributed by atoms with E-state index in [1.165, 1.54) is 13.2 Å². The van der Waals surface area contributed by atoms with Crippen molar-refractivity contribution < 1.29 is 28.7 Å². The molecule has 0 aromatic carbocycles. The van der Waals surface area contributed by atoms with Crippen LogP contribution in [0.25, 0.3) is 0 Å². The van der Waals surface area contributed by atoms with Crippen LogP contribution in [0.2, 0.25) is 0 Å². The van der Waals surface area contributed by atoms with Crippen LogP contribution in [0.4, 0.5) is 0 Å². The summed E-state index contributed by atoms with van der Waals surface area (Å²) in [7, 11) is 1.19. The van der Waals surface area contributed by atoms with Crippen molar-refractivity contribution in [1.82, 2.24) is 0 Å². The van der Waals surface area contributed by atoms with Gasteiger partial charge in [-0.05, 0) is 25.3 Å². The summed E-state index contributed by atoms with van der Waals surface area (Å²) in [5.41, 5.74) is -1.71. The first-order valence-corrected chi connectivity index (χ1v) is 6.52. The van der Waals surface area contributed by atoms with Crippen molar-refractivity contribution in [1.29, 1.82) is 0 Å². The predicted molar refractivity (Wildman–Crippen MR) is 66.5 cm³/mol. The van der Waals surface area contributed by atoms with Crippen molar-refractivity contribution in [2.24, 2.45) is 11.3 Å². The van der Waals surface area contributed by atoms with E-state index < -0.39 is 23.3 Å². The van der Waals surface area contributed by atoms with Crippen molar-refractivity contribution in [3.05, 3.63) is 11.6 Å². The molecule has 0 spiro atoms. The first-order chi connectivity index (χ1) is 9.47. The number of methoxy groups -OCH3 is 1. The molecule has 2 aliphatic carbocycles. The van der Waals surface area contributed by atoms with Gasteiger partial charge in [0, 0.05) is 12.8 Å². The van der Waals surface area contributed by atoms with Gasteiger partial charge in [0.05, 0.1) is 13.7 Å². The van der Waals surface area contributed by atoms with E-state index in [9.17, 15) is 19.2 Å². The van der Waals surface area contributed by atoms with Crippen LogP contribution < -0.4 is 0 Å². The third-order valence-corrected chi connectivity index (χ3v) is 3.95. The number of ether oxygens (including phenoxy) is 2. The molecule has 108 valence electrons. The number of fused-ring (bicyclic) bond motifs is 1. The lowest BCUT2D eigenvalue weighted by atomic mass is 9.69. The summed E-state index contributed by atoms with van der Waals surface area (Å²) in [6, 6.07) is 0. The van der Waals surface area contributed by atoms with Gasteiger partial charge in [-0.25, -0.2) is 4.79 Å². The molecule has 20 heavy (non-hydrogen) atoms. The number of carbonyl (C=O) groups excluding carboxylic acids is 4. The van der Waals surface area contributed by atoms with Crippen LogP contribution in [0.15, 0.2) is 11.6 Å². The van der Waals surface area contributed by atoms with Gasteiger partial charge < -0.3 is 9.47 Å². The highest BCUT2D eigenvalue weighted by atomic mass is 16.5. The SMILES string of the molecule is CCOC(=O)C1=CC2(C(=O)OC)C(=O)CCC2CC1=O. The number of ketones is 2. The van der Waals surface area contributed by atoms with Crippen molar-refractivity contribution >= 4 is 23.5 Å². The Hall–Kier alpha value is -1.98. The Morgan fingerprint density at radius 3 is 2.70 bits per heavy atom. The second-order valence-electron chi connectivity index (χ2n) is 4.93. The first-order valence-electron chi connectivity index (χ1n) is 6.52. The largest absolute Gasteiger partial charge is 0.468 e. The average Bonchev–Trinajstić information content (AvgIpc) is 2.75. The molecule has 6 nitrogen and oxygen atoms in total. The van der Waals surface area contributed by atoms with Crippen LogP contribution in [-0.2, 0) is 28.7 Å². The van der Waals surface area contributed by atoms with Gasteiger partial charge in [0.15, 0.2) is 11.6 Å². The normalized spacial score (nSPS) is 28.7. The molecule has 0 aromatic heterocycles. The van der Waals surface area contributed by atoms with E-state index in [0.717, 1.165) is 0 Å². The molecular weight excluding hydrogens is 264 g/mol. The third kappa shape index (κ3) is 1.95. The van der Waals surface area contributed by atoms with Crippen molar-refractivity contribution in [3.8, 4) is 0 Å². The number of Topliss-reactive ketones (excluding diaryl/α,β-unsaturated/α-hetero) is 2. The summed E-state index contributed by atoms with van der Waals surface area (Å²) in [6.45, 7) is 1.73. The molecule has 0 aromatic rings. The first kappa shape index (κ1) is 14.4. The quantitative estimate of drug-likeness (QED) is 0.427. The molecule has 1 saturated carbocycles. The average molecular weight is 280 g/mol. The zero-order valence-electron chi connectivity index (χ0n) is 11.4. The number of hydrogen-bond donors (Lipinski definition) is 0. The van der Waals surface area contributed by atoms with Gasteiger partial charge in [-0.1, -0.05) is 0 Å². The number of rotatable bonds is 3. The molecule has 0 saturated heterocycles. The van der Waals surface area contributed by atoms with Gasteiger partial charge in [-0.3, -0.25) is 14.4 Å². The van der Waals surface area contributed by atoms with Gasteiger partial charge in [0.1, 0.15) is 11.0 Å². The van der Waals surface area contributed by atoms with Crippen LogP contribution in [-0.4, -0.2) is 37.2 Å². The highest BCUT2D eigenvalue weighted by Gasteiger charge is 2.58. The lowest BCUT2D eigenvalue weighted by Crippen LogP contribution is -2.44. The minimum absolute atomic E-state index is 0.00844. The van der Waals surface area contributed by atoms with Crippen LogP contribution in [0.3, 0.4) is 0 Å². The maximum atomic E-state index is 12.2. The summed E-state index contributed by atoms with van der Waals surface area (Å²) in [6.07, 6.45) is 1.82. The standard InChI is InChI=1S/C14H16O6/c1-3-20-12(17)9-7-14(13(18)19-2)8(6-10(9)15)4-5-11(14)16/h7-8H,3-6H2,1-2H3. The van der Waals surface area contributed by atoms with Crippen molar-refractivity contribution in [2.75, 3.05) is 13.7 Å². The molecule has 6 heteroatoms. The summed E-state index contributed by atoms with van der Waals surface area (Å²) in [4.78, 5) is 48.0. The summed E-state index contributed by atoms with van der Waals surface area (Å²) in [5, 5.41) is 0. The second kappa shape index (κ2) is 5.19. The summed E-state index contributed by atoms with van der Waals surface area (Å²) < 4.78 is 9.52. The molecule has 0 radical (unpaired) electrons. The summed E-state index contributed by atoms with van der Waals surface area (Å²) in [5.74, 6) is -2.61. The van der Waals surface area contributed by atoms with Gasteiger partial charge in [0.2, 0.25) is 0 Å². The van der Waals surface area contributed by atoms with Crippen molar-refractivity contribution in [2.45, 2.75) is 26.2 Å². The zero-order chi connectivity index (χ0) is 14.9. The molecule has 0 N–H and O–H groups in total. The van der Waals surface area contributed by atoms with E-state index >= 15 is 0 Å². The predicted octanol–water partition coefficient (Wildman–Crippen LogP) is 0.587. The van der Waals surface area contributed by atoms with E-state index in [2.05, 4.69) is 0 Å². The number of esters is 2. The van der Waals surface area contributed by atoms with E-state index in [-0.39, 0.29) is 36.6 Å². The van der Waals surface area contributed by atoms with E-state index in [0.29, 0.717) is 6.42 Å². The molecule has 1 fully saturated rings. The highest BCUT2D eigenvalue weighted by molar-refractivity contribution is 6.21. The zero-order valence-corrected chi connectivity index (χ0v) is 11.4.